The zero-order chi connectivity index (χ0) is 16.6. The van der Waals surface area contributed by atoms with Gasteiger partial charge >= 0.3 is 0 Å². The van der Waals surface area contributed by atoms with Crippen LogP contribution in [0.25, 0.3) is 0 Å². The van der Waals surface area contributed by atoms with E-state index < -0.39 is 17.6 Å². The van der Waals surface area contributed by atoms with Crippen LogP contribution in [-0.4, -0.2) is 5.78 Å². The van der Waals surface area contributed by atoms with Crippen LogP contribution in [0, 0.1) is 23.1 Å². The standard InChI is InChI=1S/C18H14ClFN2O.3H2/c19-14-8-7-13(17(22)11-5-6-11)16(20)15(14)18(23)12-3-1-10(9-21)2-4-12;;;/h1-4,7-8,11,17H,5-6,22H2;3*1H/t17-;;;/m1.../s1. The third-order valence-corrected chi connectivity index (χ3v) is 4.43. The molecule has 1 saturated carbocycles. The van der Waals surface area contributed by atoms with E-state index in [-0.39, 0.29) is 26.3 Å². The maximum absolute atomic E-state index is 14.8. The van der Waals surface area contributed by atoms with Gasteiger partial charge in [-0.05, 0) is 49.1 Å². The Morgan fingerprint density at radius 3 is 2.52 bits per heavy atom. The summed E-state index contributed by atoms with van der Waals surface area (Å²) in [6.45, 7) is 0. The maximum atomic E-state index is 14.8. The minimum absolute atomic E-state index is 0. The van der Waals surface area contributed by atoms with Crippen molar-refractivity contribution < 1.29 is 13.5 Å². The van der Waals surface area contributed by atoms with Gasteiger partial charge in [-0.25, -0.2) is 4.39 Å². The fourth-order valence-corrected chi connectivity index (χ4v) is 2.82. The van der Waals surface area contributed by atoms with Crippen LogP contribution in [0.5, 0.6) is 0 Å². The number of nitrogens with zero attached hydrogens (tertiary/aromatic N) is 1. The fourth-order valence-electron chi connectivity index (χ4n) is 2.58. The Hall–Kier alpha value is -2.22. The number of carbonyl (C=O) groups is 1. The van der Waals surface area contributed by atoms with Gasteiger partial charge in [0.1, 0.15) is 5.82 Å². The number of ketones is 1. The Balaban J connectivity index is 0.00000208. The molecule has 122 valence electrons. The summed E-state index contributed by atoms with van der Waals surface area (Å²) in [5.41, 5.74) is 6.94. The second-order valence-corrected chi connectivity index (χ2v) is 6.11. The summed E-state index contributed by atoms with van der Waals surface area (Å²) in [6.07, 6.45) is 1.95. The van der Waals surface area contributed by atoms with Gasteiger partial charge in [-0.1, -0.05) is 17.7 Å². The third kappa shape index (κ3) is 2.98. The van der Waals surface area contributed by atoms with E-state index in [1.165, 1.54) is 30.3 Å². The molecule has 1 aliphatic rings. The number of nitrogens with two attached hydrogens (primary N) is 1. The molecule has 5 heteroatoms. The summed E-state index contributed by atoms with van der Waals surface area (Å²) in [5, 5.41) is 8.86. The maximum Gasteiger partial charge on any atom is 0.197 e. The Kier molecular flexibility index (Phi) is 4.16. The highest BCUT2D eigenvalue weighted by atomic mass is 35.5. The summed E-state index contributed by atoms with van der Waals surface area (Å²) in [7, 11) is 0. The molecular formula is C18H20ClFN2O. The Morgan fingerprint density at radius 2 is 1.96 bits per heavy atom. The first-order valence-corrected chi connectivity index (χ1v) is 7.69. The first-order valence-electron chi connectivity index (χ1n) is 7.31. The molecule has 23 heavy (non-hydrogen) atoms. The van der Waals surface area contributed by atoms with E-state index in [1.807, 2.05) is 6.07 Å². The van der Waals surface area contributed by atoms with Crippen LogP contribution in [0.1, 0.15) is 50.2 Å². The quantitative estimate of drug-likeness (QED) is 0.822. The van der Waals surface area contributed by atoms with Gasteiger partial charge in [0.15, 0.2) is 5.78 Å². The average molecular weight is 335 g/mol. The van der Waals surface area contributed by atoms with Gasteiger partial charge < -0.3 is 5.73 Å². The molecular weight excluding hydrogens is 315 g/mol. The minimum Gasteiger partial charge on any atom is -0.324 e. The van der Waals surface area contributed by atoms with E-state index in [4.69, 9.17) is 22.6 Å². The number of nitriles is 1. The molecule has 0 amide bonds. The van der Waals surface area contributed by atoms with Crippen LogP contribution >= 0.6 is 11.6 Å². The number of hydrogen-bond acceptors (Lipinski definition) is 3. The molecule has 2 N–H and O–H groups in total. The molecule has 0 aliphatic heterocycles. The number of rotatable bonds is 4. The molecule has 1 atom stereocenters. The number of halogens is 2. The lowest BCUT2D eigenvalue weighted by Crippen LogP contribution is -2.17. The van der Waals surface area contributed by atoms with Crippen LogP contribution in [0.2, 0.25) is 5.02 Å². The Morgan fingerprint density at radius 1 is 1.30 bits per heavy atom. The largest absolute Gasteiger partial charge is 0.324 e. The van der Waals surface area contributed by atoms with Crippen molar-refractivity contribution in [2.24, 2.45) is 11.7 Å². The van der Waals surface area contributed by atoms with Crippen molar-refractivity contribution in [1.29, 1.82) is 5.26 Å². The Bertz CT molecular complexity index is 820. The minimum atomic E-state index is -0.647. The monoisotopic (exact) mass is 334 g/mol. The predicted molar refractivity (Wildman–Crippen MR) is 92.0 cm³/mol. The first-order chi connectivity index (χ1) is 11.0. The van der Waals surface area contributed by atoms with Crippen molar-refractivity contribution in [1.82, 2.24) is 0 Å². The van der Waals surface area contributed by atoms with Gasteiger partial charge in [0.2, 0.25) is 0 Å². The second kappa shape index (κ2) is 6.11. The van der Waals surface area contributed by atoms with Crippen molar-refractivity contribution in [2.45, 2.75) is 18.9 Å². The van der Waals surface area contributed by atoms with E-state index in [9.17, 15) is 9.18 Å². The van der Waals surface area contributed by atoms with Crippen molar-refractivity contribution in [3.63, 3.8) is 0 Å². The number of carbonyl (C=O) groups excluding carboxylic acids is 1. The molecule has 1 fully saturated rings. The Labute approximate surface area is 142 Å². The number of benzene rings is 2. The molecule has 3 nitrogen and oxygen atoms in total. The summed E-state index contributed by atoms with van der Waals surface area (Å²) in [5.74, 6) is -0.892. The van der Waals surface area contributed by atoms with Gasteiger partial charge in [-0.2, -0.15) is 5.26 Å². The topological polar surface area (TPSA) is 66.9 Å². The molecule has 0 radical (unpaired) electrons. The zero-order valence-electron chi connectivity index (χ0n) is 12.2. The second-order valence-electron chi connectivity index (χ2n) is 5.71. The lowest BCUT2D eigenvalue weighted by Gasteiger charge is -2.15. The predicted octanol–water partition coefficient (Wildman–Crippen LogP) is 4.73. The van der Waals surface area contributed by atoms with Crippen molar-refractivity contribution in [3.8, 4) is 6.07 Å². The van der Waals surface area contributed by atoms with Gasteiger partial charge in [-0.15, -0.1) is 0 Å². The molecule has 0 spiro atoms. The van der Waals surface area contributed by atoms with Gasteiger partial charge in [0, 0.05) is 21.4 Å². The molecule has 0 saturated heterocycles. The molecule has 0 aromatic heterocycles. The molecule has 0 unspecified atom stereocenters. The summed E-state index contributed by atoms with van der Waals surface area (Å²) >= 11 is 6.05. The molecule has 0 bridgehead atoms. The summed E-state index contributed by atoms with van der Waals surface area (Å²) < 4.78 is 14.8. The van der Waals surface area contributed by atoms with E-state index in [1.54, 1.807) is 6.07 Å². The summed E-state index contributed by atoms with van der Waals surface area (Å²) in [4.78, 5) is 12.6. The average Bonchev–Trinajstić information content (AvgIpc) is 3.39. The highest BCUT2D eigenvalue weighted by molar-refractivity contribution is 6.35. The highest BCUT2D eigenvalue weighted by Crippen LogP contribution is 2.41. The van der Waals surface area contributed by atoms with Crippen molar-refractivity contribution in [2.75, 3.05) is 0 Å². The molecule has 1 aliphatic carbocycles. The normalized spacial score (nSPS) is 15.0. The van der Waals surface area contributed by atoms with Crippen molar-refractivity contribution in [3.05, 3.63) is 69.5 Å². The van der Waals surface area contributed by atoms with Crippen LogP contribution in [-0.2, 0) is 0 Å². The fraction of sp³-hybridized carbons (Fsp3) is 0.222. The van der Waals surface area contributed by atoms with Gasteiger partial charge in [-0.3, -0.25) is 4.79 Å². The lowest BCUT2D eigenvalue weighted by molar-refractivity contribution is 0.103. The van der Waals surface area contributed by atoms with E-state index in [0.717, 1.165) is 12.8 Å². The van der Waals surface area contributed by atoms with E-state index in [0.29, 0.717) is 11.1 Å². The zero-order valence-corrected chi connectivity index (χ0v) is 13.0. The van der Waals surface area contributed by atoms with Crippen LogP contribution in [0.3, 0.4) is 0 Å². The lowest BCUT2D eigenvalue weighted by atomic mass is 9.95. The SMILES string of the molecule is N#Cc1ccc(C(=O)c2c(Cl)ccc([C@H](N)C3CC3)c2F)cc1.[HH].[HH].[HH]. The van der Waals surface area contributed by atoms with E-state index in [2.05, 4.69) is 0 Å². The highest BCUT2D eigenvalue weighted by Gasteiger charge is 2.33. The van der Waals surface area contributed by atoms with Crippen molar-refractivity contribution >= 4 is 17.4 Å². The van der Waals surface area contributed by atoms with Crippen LogP contribution < -0.4 is 5.73 Å². The smallest absolute Gasteiger partial charge is 0.197 e. The molecule has 0 heterocycles. The first kappa shape index (κ1) is 15.7. The molecule has 2 aromatic carbocycles. The number of hydrogen-bond donors (Lipinski definition) is 1. The van der Waals surface area contributed by atoms with Gasteiger partial charge in [0.25, 0.3) is 0 Å². The summed E-state index contributed by atoms with van der Waals surface area (Å²) in [6, 6.07) is 10.6. The van der Waals surface area contributed by atoms with Crippen LogP contribution in [0.4, 0.5) is 4.39 Å². The third-order valence-electron chi connectivity index (χ3n) is 4.11. The van der Waals surface area contributed by atoms with Gasteiger partial charge in [0.05, 0.1) is 22.2 Å². The van der Waals surface area contributed by atoms with E-state index >= 15 is 0 Å². The van der Waals surface area contributed by atoms with Crippen LogP contribution in [0.15, 0.2) is 36.4 Å². The molecule has 2 aromatic rings. The molecule has 3 rings (SSSR count).